The van der Waals surface area contributed by atoms with Crippen LogP contribution >= 0.6 is 23.4 Å². The molecule has 2 aromatic carbocycles. The largest absolute Gasteiger partial charge is 0.354 e. The molecule has 2 aromatic rings. The van der Waals surface area contributed by atoms with E-state index in [1.807, 2.05) is 6.92 Å². The molecule has 1 aliphatic heterocycles. The van der Waals surface area contributed by atoms with E-state index in [0.717, 1.165) is 12.0 Å². The molecular weight excluding hydrogens is 416 g/mol. The number of benzene rings is 2. The molecular formula is C24H29ClN2O2S. The molecule has 1 saturated heterocycles. The number of nitrogens with one attached hydrogen (secondary N) is 1. The van der Waals surface area contributed by atoms with Crippen LogP contribution in [0, 0.1) is 0 Å². The maximum atomic E-state index is 13.5. The Bertz CT molecular complexity index is 908. The van der Waals surface area contributed by atoms with Crippen molar-refractivity contribution in [3.05, 3.63) is 70.2 Å². The summed E-state index contributed by atoms with van der Waals surface area (Å²) in [4.78, 5) is 28.1. The standard InChI is InChI=1S/C24H29ClN2O2S/c1-5-14-26-21(28)20-15-30-23(16-10-12-17(13-11-16)24(2,3)4)27(20)22(29)18-8-6-7-9-19(18)25/h6-13,20,23H,5,14-15H2,1-4H3,(H,26,28). The van der Waals surface area contributed by atoms with E-state index in [0.29, 0.717) is 22.9 Å². The fourth-order valence-corrected chi connectivity index (χ4v) is 5.15. The maximum Gasteiger partial charge on any atom is 0.257 e. The van der Waals surface area contributed by atoms with Crippen molar-refractivity contribution in [2.45, 2.75) is 50.9 Å². The summed E-state index contributed by atoms with van der Waals surface area (Å²) < 4.78 is 0. The molecule has 1 fully saturated rings. The summed E-state index contributed by atoms with van der Waals surface area (Å²) in [6.07, 6.45) is 0.849. The molecule has 2 amide bonds. The van der Waals surface area contributed by atoms with Crippen LogP contribution in [-0.2, 0) is 10.2 Å². The fourth-order valence-electron chi connectivity index (χ4n) is 3.50. The number of amides is 2. The van der Waals surface area contributed by atoms with Crippen molar-refractivity contribution < 1.29 is 9.59 Å². The van der Waals surface area contributed by atoms with Crippen LogP contribution in [-0.4, -0.2) is 35.1 Å². The summed E-state index contributed by atoms with van der Waals surface area (Å²) in [6.45, 7) is 9.13. The van der Waals surface area contributed by atoms with E-state index >= 15 is 0 Å². The third-order valence-corrected chi connectivity index (χ3v) is 6.91. The number of hydrogen-bond acceptors (Lipinski definition) is 3. The number of nitrogens with zero attached hydrogens (tertiary/aromatic N) is 1. The van der Waals surface area contributed by atoms with Crippen LogP contribution < -0.4 is 5.32 Å². The quantitative estimate of drug-likeness (QED) is 0.669. The summed E-state index contributed by atoms with van der Waals surface area (Å²) in [5, 5.41) is 3.11. The Morgan fingerprint density at radius 2 is 1.80 bits per heavy atom. The molecule has 6 heteroatoms. The molecule has 2 atom stereocenters. The van der Waals surface area contributed by atoms with Crippen molar-refractivity contribution in [2.75, 3.05) is 12.3 Å². The van der Waals surface area contributed by atoms with Crippen molar-refractivity contribution >= 4 is 35.2 Å². The van der Waals surface area contributed by atoms with Gasteiger partial charge in [-0.3, -0.25) is 9.59 Å². The van der Waals surface area contributed by atoms with Gasteiger partial charge in [0.25, 0.3) is 5.91 Å². The number of carbonyl (C=O) groups excluding carboxylic acids is 2. The molecule has 1 heterocycles. The molecule has 4 nitrogen and oxygen atoms in total. The van der Waals surface area contributed by atoms with E-state index in [9.17, 15) is 9.59 Å². The third kappa shape index (κ3) is 4.84. The first-order chi connectivity index (χ1) is 14.2. The third-order valence-electron chi connectivity index (χ3n) is 5.25. The van der Waals surface area contributed by atoms with Crippen molar-refractivity contribution in [3.8, 4) is 0 Å². The Morgan fingerprint density at radius 1 is 1.13 bits per heavy atom. The predicted octanol–water partition coefficient (Wildman–Crippen LogP) is 5.42. The molecule has 0 saturated carbocycles. The molecule has 0 radical (unpaired) electrons. The Kier molecular flexibility index (Phi) is 7.14. The fraction of sp³-hybridized carbons (Fsp3) is 0.417. The zero-order valence-corrected chi connectivity index (χ0v) is 19.5. The first-order valence-electron chi connectivity index (χ1n) is 10.3. The van der Waals surface area contributed by atoms with E-state index in [4.69, 9.17) is 11.6 Å². The molecule has 0 spiro atoms. The molecule has 0 aliphatic carbocycles. The molecule has 1 aliphatic rings. The zero-order chi connectivity index (χ0) is 21.9. The van der Waals surface area contributed by atoms with Crippen molar-refractivity contribution in [1.29, 1.82) is 0 Å². The van der Waals surface area contributed by atoms with E-state index < -0.39 is 6.04 Å². The molecule has 2 unspecified atom stereocenters. The zero-order valence-electron chi connectivity index (χ0n) is 17.9. The lowest BCUT2D eigenvalue weighted by Gasteiger charge is -2.30. The number of hydrogen-bond donors (Lipinski definition) is 1. The highest BCUT2D eigenvalue weighted by molar-refractivity contribution is 7.99. The van der Waals surface area contributed by atoms with Crippen molar-refractivity contribution in [2.24, 2.45) is 0 Å². The van der Waals surface area contributed by atoms with Gasteiger partial charge in [0.05, 0.1) is 10.6 Å². The molecule has 3 rings (SSSR count). The second-order valence-corrected chi connectivity index (χ2v) is 10.1. The van der Waals surface area contributed by atoms with Crippen molar-refractivity contribution in [1.82, 2.24) is 10.2 Å². The second kappa shape index (κ2) is 9.44. The predicted molar refractivity (Wildman–Crippen MR) is 125 cm³/mol. The van der Waals surface area contributed by atoms with E-state index in [-0.39, 0.29) is 22.6 Å². The topological polar surface area (TPSA) is 49.4 Å². The highest BCUT2D eigenvalue weighted by Gasteiger charge is 2.42. The number of carbonyl (C=O) groups is 2. The van der Waals surface area contributed by atoms with Crippen LogP contribution in [0.15, 0.2) is 48.5 Å². The van der Waals surface area contributed by atoms with Gasteiger partial charge < -0.3 is 10.2 Å². The molecule has 160 valence electrons. The van der Waals surface area contributed by atoms with Gasteiger partial charge in [-0.15, -0.1) is 11.8 Å². The van der Waals surface area contributed by atoms with Gasteiger partial charge in [0, 0.05) is 12.3 Å². The number of rotatable bonds is 5. The Labute approximate surface area is 188 Å². The minimum Gasteiger partial charge on any atom is -0.354 e. The van der Waals surface area contributed by atoms with E-state index in [2.05, 4.69) is 50.4 Å². The van der Waals surface area contributed by atoms with Crippen LogP contribution in [0.4, 0.5) is 0 Å². The second-order valence-electron chi connectivity index (χ2n) is 8.56. The van der Waals surface area contributed by atoms with Gasteiger partial charge in [0.1, 0.15) is 11.4 Å². The van der Waals surface area contributed by atoms with Gasteiger partial charge in [0.2, 0.25) is 5.91 Å². The van der Waals surface area contributed by atoms with Crippen LogP contribution in [0.2, 0.25) is 5.02 Å². The molecule has 30 heavy (non-hydrogen) atoms. The normalized spacial score (nSPS) is 19.0. The Balaban J connectivity index is 1.96. The summed E-state index contributed by atoms with van der Waals surface area (Å²) in [6, 6.07) is 14.8. The molecule has 0 bridgehead atoms. The number of halogens is 1. The van der Waals surface area contributed by atoms with Gasteiger partial charge in [-0.25, -0.2) is 0 Å². The van der Waals surface area contributed by atoms with Gasteiger partial charge in [-0.2, -0.15) is 0 Å². The van der Waals surface area contributed by atoms with Gasteiger partial charge in [0.15, 0.2) is 0 Å². The van der Waals surface area contributed by atoms with Crippen molar-refractivity contribution in [3.63, 3.8) is 0 Å². The maximum absolute atomic E-state index is 13.5. The lowest BCUT2D eigenvalue weighted by Crippen LogP contribution is -2.48. The average molecular weight is 445 g/mol. The van der Waals surface area contributed by atoms with Gasteiger partial charge in [-0.05, 0) is 35.1 Å². The van der Waals surface area contributed by atoms with Gasteiger partial charge >= 0.3 is 0 Å². The van der Waals surface area contributed by atoms with E-state index in [1.54, 1.807) is 40.9 Å². The Morgan fingerprint density at radius 3 is 2.40 bits per heavy atom. The van der Waals surface area contributed by atoms with E-state index in [1.165, 1.54) is 5.56 Å². The van der Waals surface area contributed by atoms with Crippen LogP contribution in [0.25, 0.3) is 0 Å². The summed E-state index contributed by atoms with van der Waals surface area (Å²) in [5.74, 6) is 0.225. The highest BCUT2D eigenvalue weighted by atomic mass is 35.5. The number of thioether (sulfide) groups is 1. The minimum atomic E-state index is -0.530. The van der Waals surface area contributed by atoms with Crippen LogP contribution in [0.5, 0.6) is 0 Å². The molecule has 1 N–H and O–H groups in total. The smallest absolute Gasteiger partial charge is 0.257 e. The minimum absolute atomic E-state index is 0.0526. The lowest BCUT2D eigenvalue weighted by molar-refractivity contribution is -0.124. The van der Waals surface area contributed by atoms with Crippen LogP contribution in [0.3, 0.4) is 0 Å². The highest BCUT2D eigenvalue weighted by Crippen LogP contribution is 2.43. The summed E-state index contributed by atoms with van der Waals surface area (Å²) in [7, 11) is 0. The SMILES string of the molecule is CCCNC(=O)C1CSC(c2ccc(C(C)(C)C)cc2)N1C(=O)c1ccccc1Cl. The molecule has 0 aromatic heterocycles. The monoisotopic (exact) mass is 444 g/mol. The Hall–Kier alpha value is -1.98. The first kappa shape index (κ1) is 22.7. The first-order valence-corrected chi connectivity index (χ1v) is 11.7. The van der Waals surface area contributed by atoms with Crippen LogP contribution in [0.1, 0.15) is 61.0 Å². The summed E-state index contributed by atoms with van der Waals surface area (Å²) >= 11 is 7.94. The lowest BCUT2D eigenvalue weighted by atomic mass is 9.86. The van der Waals surface area contributed by atoms with Gasteiger partial charge in [-0.1, -0.05) is 75.7 Å². The summed E-state index contributed by atoms with van der Waals surface area (Å²) in [5.41, 5.74) is 2.72. The average Bonchev–Trinajstić information content (AvgIpc) is 3.16.